The molecule has 1 aliphatic rings. The lowest BCUT2D eigenvalue weighted by Gasteiger charge is -2.22. The largest absolute Gasteiger partial charge is 0.381 e. The lowest BCUT2D eigenvalue weighted by molar-refractivity contribution is 0.0853. The summed E-state index contributed by atoms with van der Waals surface area (Å²) in [5, 5.41) is 5.96. The van der Waals surface area contributed by atoms with Gasteiger partial charge in [-0.25, -0.2) is 9.97 Å². The van der Waals surface area contributed by atoms with E-state index in [0.717, 1.165) is 36.9 Å². The maximum atomic E-state index is 11.9. The van der Waals surface area contributed by atoms with Gasteiger partial charge in [0, 0.05) is 49.8 Å². The van der Waals surface area contributed by atoms with Gasteiger partial charge in [-0.3, -0.25) is 4.79 Å². The molecule has 0 saturated carbocycles. The molecule has 0 atom stereocenters. The summed E-state index contributed by atoms with van der Waals surface area (Å²) in [6, 6.07) is 10.2. The number of primary amides is 1. The Labute approximate surface area is 173 Å². The van der Waals surface area contributed by atoms with Crippen LogP contribution in [0.5, 0.6) is 0 Å². The van der Waals surface area contributed by atoms with Crippen molar-refractivity contribution in [1.82, 2.24) is 9.97 Å². The highest BCUT2D eigenvalue weighted by molar-refractivity contribution is 7.13. The fraction of sp³-hybridized carbons (Fsp3) is 0.286. The van der Waals surface area contributed by atoms with Crippen molar-refractivity contribution in [3.05, 3.63) is 59.2 Å². The van der Waals surface area contributed by atoms with Gasteiger partial charge in [0.1, 0.15) is 5.82 Å². The summed E-state index contributed by atoms with van der Waals surface area (Å²) in [7, 11) is 1.85. The number of anilines is 4. The molecule has 1 fully saturated rings. The summed E-state index contributed by atoms with van der Waals surface area (Å²) in [4.78, 5) is 22.4. The van der Waals surface area contributed by atoms with Gasteiger partial charge >= 0.3 is 0 Å². The minimum atomic E-state index is -0.525. The molecular formula is C21H23N5O2S. The van der Waals surface area contributed by atoms with E-state index in [2.05, 4.69) is 39.6 Å². The molecule has 2 aromatic heterocycles. The van der Waals surface area contributed by atoms with Gasteiger partial charge in [0.05, 0.1) is 11.3 Å². The second kappa shape index (κ2) is 8.59. The molecular weight excluding hydrogens is 386 g/mol. The normalized spacial score (nSPS) is 14.5. The number of carbonyl (C=O) groups excluding carboxylic acids is 1. The predicted molar refractivity (Wildman–Crippen MR) is 115 cm³/mol. The summed E-state index contributed by atoms with van der Waals surface area (Å²) in [6.07, 6.45) is 5.35. The van der Waals surface area contributed by atoms with Crippen LogP contribution in [0.4, 0.5) is 22.3 Å². The standard InChI is InChI=1S/C21H23N5O2S/c1-26(21-23-8-11-29-21)18-12-19(24-13-17(18)20(22)27)25-16-4-2-14(3-5-16)15-6-9-28-10-7-15/h2-5,8,11-13,15H,6-7,9-10H2,1H3,(H2,22,27)(H,24,25). The zero-order chi connectivity index (χ0) is 20.2. The predicted octanol–water partition coefficient (Wildman–Crippen LogP) is 4.04. The highest BCUT2D eigenvalue weighted by Crippen LogP contribution is 2.31. The molecule has 150 valence electrons. The Hall–Kier alpha value is -2.97. The van der Waals surface area contributed by atoms with Crippen molar-refractivity contribution < 1.29 is 9.53 Å². The topological polar surface area (TPSA) is 93.4 Å². The van der Waals surface area contributed by atoms with Crippen molar-refractivity contribution in [2.45, 2.75) is 18.8 Å². The van der Waals surface area contributed by atoms with Crippen LogP contribution in [-0.4, -0.2) is 36.1 Å². The van der Waals surface area contributed by atoms with Gasteiger partial charge in [-0.1, -0.05) is 12.1 Å². The monoisotopic (exact) mass is 409 g/mol. The third-order valence-electron chi connectivity index (χ3n) is 5.09. The number of nitrogens with two attached hydrogens (primary N) is 1. The zero-order valence-corrected chi connectivity index (χ0v) is 17.0. The van der Waals surface area contributed by atoms with E-state index >= 15 is 0 Å². The SMILES string of the molecule is CN(c1nccs1)c1cc(Nc2ccc(C3CCOCC3)cc2)ncc1C(N)=O. The summed E-state index contributed by atoms with van der Waals surface area (Å²) in [5.41, 5.74) is 8.82. The van der Waals surface area contributed by atoms with E-state index in [1.807, 2.05) is 23.4 Å². The number of rotatable bonds is 6. The van der Waals surface area contributed by atoms with Crippen LogP contribution in [0.2, 0.25) is 0 Å². The fourth-order valence-corrected chi connectivity index (χ4v) is 4.10. The average molecular weight is 410 g/mol. The van der Waals surface area contributed by atoms with E-state index in [1.54, 1.807) is 6.20 Å². The minimum Gasteiger partial charge on any atom is -0.381 e. The van der Waals surface area contributed by atoms with E-state index in [9.17, 15) is 4.79 Å². The molecule has 1 amide bonds. The van der Waals surface area contributed by atoms with E-state index in [-0.39, 0.29) is 0 Å². The highest BCUT2D eigenvalue weighted by atomic mass is 32.1. The van der Waals surface area contributed by atoms with Gasteiger partial charge in [0.2, 0.25) is 0 Å². The summed E-state index contributed by atoms with van der Waals surface area (Å²) in [6.45, 7) is 1.66. The molecule has 0 bridgehead atoms. The Morgan fingerprint density at radius 2 is 2.00 bits per heavy atom. The third-order valence-corrected chi connectivity index (χ3v) is 5.94. The van der Waals surface area contributed by atoms with Gasteiger partial charge in [0.25, 0.3) is 5.91 Å². The third kappa shape index (κ3) is 4.38. The van der Waals surface area contributed by atoms with Crippen LogP contribution in [0, 0.1) is 0 Å². The van der Waals surface area contributed by atoms with Gasteiger partial charge in [0.15, 0.2) is 5.13 Å². The number of hydrogen-bond acceptors (Lipinski definition) is 7. The minimum absolute atomic E-state index is 0.350. The number of thiazole rings is 1. The van der Waals surface area contributed by atoms with Crippen molar-refractivity contribution in [3.63, 3.8) is 0 Å². The molecule has 1 aliphatic heterocycles. The van der Waals surface area contributed by atoms with E-state index in [1.165, 1.54) is 23.1 Å². The lowest BCUT2D eigenvalue weighted by atomic mass is 9.92. The Bertz CT molecular complexity index is 969. The number of benzene rings is 1. The van der Waals surface area contributed by atoms with Crippen LogP contribution >= 0.6 is 11.3 Å². The second-order valence-electron chi connectivity index (χ2n) is 6.96. The Balaban J connectivity index is 1.55. The molecule has 0 unspecified atom stereocenters. The molecule has 3 heterocycles. The van der Waals surface area contributed by atoms with Crippen LogP contribution in [0.3, 0.4) is 0 Å². The number of hydrogen-bond donors (Lipinski definition) is 2. The van der Waals surface area contributed by atoms with E-state index < -0.39 is 5.91 Å². The fourth-order valence-electron chi connectivity index (χ4n) is 3.48. The maximum absolute atomic E-state index is 11.9. The van der Waals surface area contributed by atoms with Gasteiger partial charge in [-0.2, -0.15) is 0 Å². The first-order chi connectivity index (χ1) is 14.1. The molecule has 8 heteroatoms. The summed E-state index contributed by atoms with van der Waals surface area (Å²) in [5.74, 6) is 0.666. The molecule has 3 N–H and O–H groups in total. The molecule has 0 aliphatic carbocycles. The molecule has 0 radical (unpaired) electrons. The molecule has 1 saturated heterocycles. The lowest BCUT2D eigenvalue weighted by Crippen LogP contribution is -2.19. The molecule has 7 nitrogen and oxygen atoms in total. The van der Waals surface area contributed by atoms with Crippen molar-refractivity contribution in [3.8, 4) is 0 Å². The molecule has 0 spiro atoms. The van der Waals surface area contributed by atoms with E-state index in [4.69, 9.17) is 10.5 Å². The number of pyridine rings is 1. The second-order valence-corrected chi connectivity index (χ2v) is 7.83. The number of nitrogens with one attached hydrogen (secondary N) is 1. The van der Waals surface area contributed by atoms with Crippen LogP contribution in [0.25, 0.3) is 0 Å². The summed E-state index contributed by atoms with van der Waals surface area (Å²) < 4.78 is 5.45. The number of ether oxygens (including phenoxy) is 1. The van der Waals surface area contributed by atoms with Crippen molar-refractivity contribution >= 4 is 39.6 Å². The number of aromatic nitrogens is 2. The van der Waals surface area contributed by atoms with Crippen LogP contribution in [-0.2, 0) is 4.74 Å². The van der Waals surface area contributed by atoms with Crippen molar-refractivity contribution in [1.29, 1.82) is 0 Å². The van der Waals surface area contributed by atoms with Gasteiger partial charge in [-0.15, -0.1) is 11.3 Å². The Kier molecular flexibility index (Phi) is 5.73. The van der Waals surface area contributed by atoms with Gasteiger partial charge < -0.3 is 20.7 Å². The zero-order valence-electron chi connectivity index (χ0n) is 16.2. The first-order valence-electron chi connectivity index (χ1n) is 9.49. The number of amides is 1. The first-order valence-corrected chi connectivity index (χ1v) is 10.4. The average Bonchev–Trinajstić information content (AvgIpc) is 3.29. The van der Waals surface area contributed by atoms with Crippen LogP contribution in [0.1, 0.15) is 34.7 Å². The quantitative estimate of drug-likeness (QED) is 0.638. The molecule has 4 rings (SSSR count). The first kappa shape index (κ1) is 19.4. The van der Waals surface area contributed by atoms with Gasteiger partial charge in [-0.05, 0) is 36.5 Å². The van der Waals surface area contributed by atoms with Crippen LogP contribution in [0.15, 0.2) is 48.1 Å². The molecule has 29 heavy (non-hydrogen) atoms. The van der Waals surface area contributed by atoms with Crippen LogP contribution < -0.4 is 16.0 Å². The van der Waals surface area contributed by atoms with Crippen molar-refractivity contribution in [2.75, 3.05) is 30.5 Å². The van der Waals surface area contributed by atoms with Crippen molar-refractivity contribution in [2.24, 2.45) is 5.73 Å². The smallest absolute Gasteiger partial charge is 0.252 e. The Morgan fingerprint density at radius 3 is 2.66 bits per heavy atom. The number of nitrogens with zero attached hydrogens (tertiary/aromatic N) is 3. The summed E-state index contributed by atoms with van der Waals surface area (Å²) >= 11 is 1.48. The molecule has 1 aromatic carbocycles. The highest BCUT2D eigenvalue weighted by Gasteiger charge is 2.18. The number of carbonyl (C=O) groups is 1. The molecule has 3 aromatic rings. The van der Waals surface area contributed by atoms with E-state index in [0.29, 0.717) is 23.0 Å². The Morgan fingerprint density at radius 1 is 1.24 bits per heavy atom. The maximum Gasteiger partial charge on any atom is 0.252 e.